The lowest BCUT2D eigenvalue weighted by Gasteiger charge is -2.12. The molecular formula is C13H18N4. The van der Waals surface area contributed by atoms with Gasteiger partial charge in [-0.3, -0.25) is 4.68 Å². The molecule has 0 bridgehead atoms. The molecule has 0 saturated carbocycles. The van der Waals surface area contributed by atoms with E-state index in [-0.39, 0.29) is 6.04 Å². The van der Waals surface area contributed by atoms with Crippen molar-refractivity contribution in [1.29, 1.82) is 0 Å². The first-order chi connectivity index (χ1) is 8.15. The molecular weight excluding hydrogens is 212 g/mol. The molecule has 1 aromatic heterocycles. The van der Waals surface area contributed by atoms with E-state index in [4.69, 9.17) is 5.73 Å². The molecule has 0 amide bonds. The van der Waals surface area contributed by atoms with E-state index in [1.807, 2.05) is 19.3 Å². The largest absolute Gasteiger partial charge is 0.367 e. The van der Waals surface area contributed by atoms with E-state index in [2.05, 4.69) is 41.6 Å². The summed E-state index contributed by atoms with van der Waals surface area (Å²) in [5.41, 5.74) is 8.49. The average molecular weight is 230 g/mol. The van der Waals surface area contributed by atoms with Crippen molar-refractivity contribution in [3.05, 3.63) is 47.7 Å². The van der Waals surface area contributed by atoms with Gasteiger partial charge in [-0.05, 0) is 12.5 Å². The van der Waals surface area contributed by atoms with Crippen LogP contribution in [0.15, 0.2) is 36.5 Å². The van der Waals surface area contributed by atoms with E-state index in [1.54, 1.807) is 4.68 Å². The van der Waals surface area contributed by atoms with Crippen LogP contribution in [0.25, 0.3) is 0 Å². The SMILES string of the molecule is Cc1ccc(C(N)CNc2ccn(C)n2)cc1. The molecule has 4 nitrogen and oxygen atoms in total. The molecule has 90 valence electrons. The molecule has 2 rings (SSSR count). The average Bonchev–Trinajstić information content (AvgIpc) is 2.73. The van der Waals surface area contributed by atoms with Crippen molar-refractivity contribution in [2.45, 2.75) is 13.0 Å². The standard InChI is InChI=1S/C13H18N4/c1-10-3-5-11(6-4-10)12(14)9-15-13-7-8-17(2)16-13/h3-8,12H,9,14H2,1-2H3,(H,15,16). The van der Waals surface area contributed by atoms with E-state index in [0.29, 0.717) is 6.54 Å². The summed E-state index contributed by atoms with van der Waals surface area (Å²) in [6.45, 7) is 2.75. The Morgan fingerprint density at radius 1 is 1.29 bits per heavy atom. The molecule has 0 aliphatic heterocycles. The van der Waals surface area contributed by atoms with Crippen LogP contribution >= 0.6 is 0 Å². The Morgan fingerprint density at radius 2 is 2.00 bits per heavy atom. The number of benzene rings is 1. The number of hydrogen-bond donors (Lipinski definition) is 2. The number of aromatic nitrogens is 2. The van der Waals surface area contributed by atoms with Crippen LogP contribution in [0.5, 0.6) is 0 Å². The van der Waals surface area contributed by atoms with Gasteiger partial charge in [0, 0.05) is 31.9 Å². The number of nitrogens with two attached hydrogens (primary N) is 1. The minimum absolute atomic E-state index is 0.0161. The first-order valence-corrected chi connectivity index (χ1v) is 5.71. The van der Waals surface area contributed by atoms with Crippen molar-refractivity contribution >= 4 is 5.82 Å². The van der Waals surface area contributed by atoms with Gasteiger partial charge in [-0.2, -0.15) is 5.10 Å². The monoisotopic (exact) mass is 230 g/mol. The van der Waals surface area contributed by atoms with Crippen molar-refractivity contribution in [3.63, 3.8) is 0 Å². The van der Waals surface area contributed by atoms with Crippen LogP contribution in [0.1, 0.15) is 17.2 Å². The van der Waals surface area contributed by atoms with Gasteiger partial charge in [0.15, 0.2) is 0 Å². The Kier molecular flexibility index (Phi) is 3.44. The van der Waals surface area contributed by atoms with Crippen LogP contribution < -0.4 is 11.1 Å². The predicted molar refractivity (Wildman–Crippen MR) is 69.8 cm³/mol. The Bertz CT molecular complexity index is 472. The first-order valence-electron chi connectivity index (χ1n) is 5.71. The molecule has 1 atom stereocenters. The number of anilines is 1. The normalized spacial score (nSPS) is 12.4. The highest BCUT2D eigenvalue weighted by molar-refractivity contribution is 5.33. The molecule has 0 saturated heterocycles. The Balaban J connectivity index is 1.93. The first kappa shape index (κ1) is 11.7. The summed E-state index contributed by atoms with van der Waals surface area (Å²) in [4.78, 5) is 0. The van der Waals surface area contributed by atoms with Crippen molar-refractivity contribution in [3.8, 4) is 0 Å². The smallest absolute Gasteiger partial charge is 0.148 e. The molecule has 1 unspecified atom stereocenters. The number of aryl methyl sites for hydroxylation is 2. The molecule has 2 aromatic rings. The summed E-state index contributed by atoms with van der Waals surface area (Å²) < 4.78 is 1.76. The maximum atomic E-state index is 6.10. The van der Waals surface area contributed by atoms with E-state index in [1.165, 1.54) is 5.56 Å². The molecule has 0 spiro atoms. The molecule has 0 aliphatic rings. The minimum Gasteiger partial charge on any atom is -0.367 e. The number of hydrogen-bond acceptors (Lipinski definition) is 3. The van der Waals surface area contributed by atoms with Gasteiger partial charge < -0.3 is 11.1 Å². The molecule has 0 aliphatic carbocycles. The summed E-state index contributed by atoms with van der Waals surface area (Å²) in [7, 11) is 1.89. The zero-order valence-electron chi connectivity index (χ0n) is 10.2. The van der Waals surface area contributed by atoms with E-state index in [9.17, 15) is 0 Å². The van der Waals surface area contributed by atoms with Crippen LogP contribution in [0, 0.1) is 6.92 Å². The van der Waals surface area contributed by atoms with Crippen LogP contribution in [0.4, 0.5) is 5.82 Å². The third-order valence-electron chi connectivity index (χ3n) is 2.72. The third-order valence-corrected chi connectivity index (χ3v) is 2.72. The fourth-order valence-corrected chi connectivity index (χ4v) is 1.66. The molecule has 0 radical (unpaired) electrons. The summed E-state index contributed by atoms with van der Waals surface area (Å²) in [5.74, 6) is 0.857. The summed E-state index contributed by atoms with van der Waals surface area (Å²) in [5, 5.41) is 7.46. The Hall–Kier alpha value is -1.81. The quantitative estimate of drug-likeness (QED) is 0.842. The van der Waals surface area contributed by atoms with E-state index >= 15 is 0 Å². The van der Waals surface area contributed by atoms with Crippen molar-refractivity contribution in [2.75, 3.05) is 11.9 Å². The summed E-state index contributed by atoms with van der Waals surface area (Å²) >= 11 is 0. The molecule has 0 fully saturated rings. The maximum absolute atomic E-state index is 6.10. The highest BCUT2D eigenvalue weighted by atomic mass is 15.3. The van der Waals surface area contributed by atoms with Crippen molar-refractivity contribution in [1.82, 2.24) is 9.78 Å². The number of nitrogens with one attached hydrogen (secondary N) is 1. The zero-order chi connectivity index (χ0) is 12.3. The van der Waals surface area contributed by atoms with Gasteiger partial charge >= 0.3 is 0 Å². The van der Waals surface area contributed by atoms with Gasteiger partial charge in [-0.15, -0.1) is 0 Å². The molecule has 4 heteroatoms. The number of nitrogens with zero attached hydrogens (tertiary/aromatic N) is 2. The molecule has 3 N–H and O–H groups in total. The predicted octanol–water partition coefficient (Wildman–Crippen LogP) is 1.84. The van der Waals surface area contributed by atoms with Crippen molar-refractivity contribution < 1.29 is 0 Å². The number of rotatable bonds is 4. The van der Waals surface area contributed by atoms with E-state index < -0.39 is 0 Å². The Morgan fingerprint density at radius 3 is 2.59 bits per heavy atom. The van der Waals surface area contributed by atoms with Gasteiger partial charge in [0.2, 0.25) is 0 Å². The lowest BCUT2D eigenvalue weighted by molar-refractivity contribution is 0.742. The van der Waals surface area contributed by atoms with E-state index in [0.717, 1.165) is 11.4 Å². The summed E-state index contributed by atoms with van der Waals surface area (Å²) in [6.07, 6.45) is 1.90. The minimum atomic E-state index is -0.0161. The third kappa shape index (κ3) is 3.07. The fraction of sp³-hybridized carbons (Fsp3) is 0.308. The van der Waals surface area contributed by atoms with Crippen LogP contribution in [-0.2, 0) is 7.05 Å². The Labute approximate surface area is 101 Å². The lowest BCUT2D eigenvalue weighted by Crippen LogP contribution is -2.20. The van der Waals surface area contributed by atoms with Gasteiger partial charge in [0.1, 0.15) is 5.82 Å². The highest BCUT2D eigenvalue weighted by Gasteiger charge is 2.05. The van der Waals surface area contributed by atoms with Gasteiger partial charge in [-0.25, -0.2) is 0 Å². The summed E-state index contributed by atoms with van der Waals surface area (Å²) in [6, 6.07) is 10.2. The topological polar surface area (TPSA) is 55.9 Å². The van der Waals surface area contributed by atoms with Crippen LogP contribution in [-0.4, -0.2) is 16.3 Å². The second-order valence-corrected chi connectivity index (χ2v) is 4.27. The highest BCUT2D eigenvalue weighted by Crippen LogP contribution is 2.12. The fourth-order valence-electron chi connectivity index (χ4n) is 1.66. The molecule has 1 heterocycles. The second kappa shape index (κ2) is 5.01. The van der Waals surface area contributed by atoms with Gasteiger partial charge in [-0.1, -0.05) is 29.8 Å². The molecule has 17 heavy (non-hydrogen) atoms. The van der Waals surface area contributed by atoms with Gasteiger partial charge in [0.25, 0.3) is 0 Å². The van der Waals surface area contributed by atoms with Crippen LogP contribution in [0.3, 0.4) is 0 Å². The van der Waals surface area contributed by atoms with Gasteiger partial charge in [0.05, 0.1) is 0 Å². The molecule has 1 aromatic carbocycles. The van der Waals surface area contributed by atoms with Crippen LogP contribution in [0.2, 0.25) is 0 Å². The lowest BCUT2D eigenvalue weighted by atomic mass is 10.1. The maximum Gasteiger partial charge on any atom is 0.148 e. The zero-order valence-corrected chi connectivity index (χ0v) is 10.2. The second-order valence-electron chi connectivity index (χ2n) is 4.27. The van der Waals surface area contributed by atoms with Crippen molar-refractivity contribution in [2.24, 2.45) is 12.8 Å².